The predicted molar refractivity (Wildman–Crippen MR) is 138 cm³/mol. The summed E-state index contributed by atoms with van der Waals surface area (Å²) in [6.45, 7) is 0.996. The molecule has 1 atom stereocenters. The van der Waals surface area contributed by atoms with Crippen molar-refractivity contribution in [3.63, 3.8) is 0 Å². The van der Waals surface area contributed by atoms with Gasteiger partial charge in [-0.25, -0.2) is 12.8 Å². The van der Waals surface area contributed by atoms with E-state index in [0.717, 1.165) is 11.1 Å². The van der Waals surface area contributed by atoms with Gasteiger partial charge in [0.2, 0.25) is 9.84 Å². The number of ether oxygens (including phenoxy) is 1. The average Bonchev–Trinajstić information content (AvgIpc) is 2.88. The molecule has 4 aromatic carbocycles. The number of nitrogens with one attached hydrogen (secondary N) is 1. The molecule has 36 heavy (non-hydrogen) atoms. The molecule has 186 valence electrons. The summed E-state index contributed by atoms with van der Waals surface area (Å²) in [6.07, 6.45) is 0.00265. The lowest BCUT2D eigenvalue weighted by Gasteiger charge is -2.13. The van der Waals surface area contributed by atoms with Crippen molar-refractivity contribution in [3.8, 4) is 11.5 Å². The first-order valence-electron chi connectivity index (χ1n) is 11.3. The summed E-state index contributed by atoms with van der Waals surface area (Å²) in [6, 6.07) is 25.5. The smallest absolute Gasteiger partial charge is 0.206 e. The van der Waals surface area contributed by atoms with Crippen LogP contribution in [-0.4, -0.2) is 26.6 Å². The first-order valence-corrected chi connectivity index (χ1v) is 13.2. The Morgan fingerprint density at radius 3 is 2.31 bits per heavy atom. The highest BCUT2D eigenvalue weighted by molar-refractivity contribution is 7.91. The fraction of sp³-hybridized carbons (Fsp3) is 0.143. The largest absolute Gasteiger partial charge is 0.457 e. The molecule has 5 nitrogen and oxygen atoms in total. The summed E-state index contributed by atoms with van der Waals surface area (Å²) in [5.41, 5.74) is 1.71. The van der Waals surface area contributed by atoms with Crippen LogP contribution in [0.3, 0.4) is 0 Å². The number of rotatable bonds is 10. The van der Waals surface area contributed by atoms with Crippen molar-refractivity contribution < 1.29 is 22.7 Å². The molecule has 2 N–H and O–H groups in total. The van der Waals surface area contributed by atoms with Crippen molar-refractivity contribution in [2.75, 3.05) is 13.1 Å². The van der Waals surface area contributed by atoms with E-state index in [-0.39, 0.29) is 15.6 Å². The Balaban J connectivity index is 1.34. The number of hydrogen-bond donors (Lipinski definition) is 2. The van der Waals surface area contributed by atoms with E-state index in [1.165, 1.54) is 36.4 Å². The lowest BCUT2D eigenvalue weighted by molar-refractivity contribution is 0.175. The highest BCUT2D eigenvalue weighted by Crippen LogP contribution is 2.28. The topological polar surface area (TPSA) is 75.6 Å². The second kappa shape index (κ2) is 11.7. The highest BCUT2D eigenvalue weighted by atomic mass is 35.5. The third-order valence-electron chi connectivity index (χ3n) is 5.56. The van der Waals surface area contributed by atoms with Crippen molar-refractivity contribution in [2.24, 2.45) is 0 Å². The van der Waals surface area contributed by atoms with E-state index in [2.05, 4.69) is 5.32 Å². The van der Waals surface area contributed by atoms with Gasteiger partial charge in [-0.1, -0.05) is 41.9 Å². The summed E-state index contributed by atoms with van der Waals surface area (Å²) in [7, 11) is -3.75. The molecule has 0 amide bonds. The molecule has 0 saturated heterocycles. The van der Waals surface area contributed by atoms with E-state index < -0.39 is 15.9 Å². The molecule has 0 aromatic heterocycles. The van der Waals surface area contributed by atoms with Gasteiger partial charge in [-0.05, 0) is 90.8 Å². The molecule has 0 aliphatic carbocycles. The molecular formula is C28H25ClFNO4S. The zero-order valence-electron chi connectivity index (χ0n) is 19.3. The van der Waals surface area contributed by atoms with Crippen molar-refractivity contribution in [1.82, 2.24) is 5.32 Å². The number of benzene rings is 4. The predicted octanol–water partition coefficient (Wildman–Crippen LogP) is 5.97. The average molecular weight is 526 g/mol. The van der Waals surface area contributed by atoms with Gasteiger partial charge in [-0.2, -0.15) is 0 Å². The molecule has 0 fully saturated rings. The minimum Gasteiger partial charge on any atom is -0.457 e. The monoisotopic (exact) mass is 525 g/mol. The van der Waals surface area contributed by atoms with E-state index in [1.54, 1.807) is 54.6 Å². The third-order valence-corrected chi connectivity index (χ3v) is 7.56. The molecule has 0 aliphatic rings. The van der Waals surface area contributed by atoms with E-state index in [1.807, 2.05) is 6.07 Å². The van der Waals surface area contributed by atoms with Gasteiger partial charge < -0.3 is 15.2 Å². The summed E-state index contributed by atoms with van der Waals surface area (Å²) < 4.78 is 45.0. The fourth-order valence-electron chi connectivity index (χ4n) is 3.62. The Hall–Kier alpha value is -3.23. The van der Waals surface area contributed by atoms with Crippen LogP contribution in [0.1, 0.15) is 17.2 Å². The van der Waals surface area contributed by atoms with Gasteiger partial charge in [0.1, 0.15) is 17.3 Å². The standard InChI is InChI=1S/C28H25ClFNO4S/c29-22-4-1-3-21(17-22)28(32)19-31-16-15-20-7-13-26(14-8-20)36(33,34)27-6-2-5-25(18-27)35-24-11-9-23(30)10-12-24/h1-14,17-18,28,31-32H,15-16,19H2/t28-/m0/s1. The third kappa shape index (κ3) is 6.71. The fourth-order valence-corrected chi connectivity index (χ4v) is 5.11. The normalized spacial score (nSPS) is 12.3. The summed E-state index contributed by atoms with van der Waals surface area (Å²) in [5, 5.41) is 14.1. The highest BCUT2D eigenvalue weighted by Gasteiger charge is 2.18. The second-order valence-corrected chi connectivity index (χ2v) is 10.6. The zero-order valence-corrected chi connectivity index (χ0v) is 20.8. The first-order chi connectivity index (χ1) is 17.3. The Bertz CT molecular complexity index is 1410. The number of hydrogen-bond acceptors (Lipinski definition) is 5. The molecule has 4 rings (SSSR count). The molecule has 0 heterocycles. The quantitative estimate of drug-likeness (QED) is 0.249. The molecule has 0 saturated carbocycles. The van der Waals surface area contributed by atoms with Gasteiger partial charge in [0.05, 0.1) is 15.9 Å². The van der Waals surface area contributed by atoms with Gasteiger partial charge in [0.15, 0.2) is 0 Å². The van der Waals surface area contributed by atoms with Crippen molar-refractivity contribution >= 4 is 21.4 Å². The number of aliphatic hydroxyl groups excluding tert-OH is 1. The van der Waals surface area contributed by atoms with Crippen LogP contribution in [0.15, 0.2) is 107 Å². The van der Waals surface area contributed by atoms with Crippen LogP contribution >= 0.6 is 11.6 Å². The van der Waals surface area contributed by atoms with Crippen LogP contribution in [-0.2, 0) is 16.3 Å². The maximum absolute atomic E-state index is 13.1. The lowest BCUT2D eigenvalue weighted by atomic mass is 10.1. The van der Waals surface area contributed by atoms with Gasteiger partial charge in [-0.15, -0.1) is 0 Å². The van der Waals surface area contributed by atoms with Crippen LogP contribution in [0.2, 0.25) is 5.02 Å². The lowest BCUT2D eigenvalue weighted by Crippen LogP contribution is -2.23. The maximum Gasteiger partial charge on any atom is 0.206 e. The van der Waals surface area contributed by atoms with Gasteiger partial charge in [0.25, 0.3) is 0 Å². The first kappa shape index (κ1) is 25.9. The van der Waals surface area contributed by atoms with E-state index in [9.17, 15) is 17.9 Å². The summed E-state index contributed by atoms with van der Waals surface area (Å²) in [5.74, 6) is 0.363. The summed E-state index contributed by atoms with van der Waals surface area (Å²) >= 11 is 5.97. The SMILES string of the molecule is O=S(=O)(c1ccc(CCNC[C@H](O)c2cccc(Cl)c2)cc1)c1cccc(Oc2ccc(F)cc2)c1. The van der Waals surface area contributed by atoms with Gasteiger partial charge in [0, 0.05) is 11.6 Å². The number of halogens is 2. The number of aliphatic hydroxyl groups is 1. The molecule has 8 heteroatoms. The minimum atomic E-state index is -3.75. The Kier molecular flexibility index (Phi) is 8.38. The van der Waals surface area contributed by atoms with Gasteiger partial charge in [-0.3, -0.25) is 0 Å². The molecule has 0 aliphatic heterocycles. The van der Waals surface area contributed by atoms with Crippen molar-refractivity contribution in [2.45, 2.75) is 22.3 Å². The van der Waals surface area contributed by atoms with E-state index >= 15 is 0 Å². The zero-order chi connectivity index (χ0) is 25.5. The molecule has 0 bridgehead atoms. The maximum atomic E-state index is 13.1. The molecule has 0 spiro atoms. The second-order valence-electron chi connectivity index (χ2n) is 8.20. The van der Waals surface area contributed by atoms with Crippen molar-refractivity contribution in [3.05, 3.63) is 119 Å². The van der Waals surface area contributed by atoms with Gasteiger partial charge >= 0.3 is 0 Å². The Morgan fingerprint density at radius 2 is 1.58 bits per heavy atom. The number of sulfone groups is 1. The van der Waals surface area contributed by atoms with Crippen LogP contribution in [0.4, 0.5) is 4.39 Å². The molecule has 0 unspecified atom stereocenters. The van der Waals surface area contributed by atoms with Crippen LogP contribution < -0.4 is 10.1 Å². The Labute approximate surface area is 215 Å². The minimum absolute atomic E-state index is 0.103. The molecule has 0 radical (unpaired) electrons. The van der Waals surface area contributed by atoms with Crippen LogP contribution in [0.5, 0.6) is 11.5 Å². The van der Waals surface area contributed by atoms with Crippen LogP contribution in [0.25, 0.3) is 0 Å². The molecular weight excluding hydrogens is 501 g/mol. The van der Waals surface area contributed by atoms with E-state index in [4.69, 9.17) is 16.3 Å². The summed E-state index contributed by atoms with van der Waals surface area (Å²) in [4.78, 5) is 0.279. The molecule has 4 aromatic rings. The Morgan fingerprint density at radius 1 is 0.861 bits per heavy atom. The van der Waals surface area contributed by atoms with E-state index in [0.29, 0.717) is 36.0 Å². The van der Waals surface area contributed by atoms with Crippen molar-refractivity contribution in [1.29, 1.82) is 0 Å². The van der Waals surface area contributed by atoms with Crippen LogP contribution in [0, 0.1) is 5.82 Å².